The Morgan fingerprint density at radius 2 is 1.65 bits per heavy atom. The van der Waals surface area contributed by atoms with Crippen molar-refractivity contribution in [2.75, 3.05) is 32.8 Å². The standard InChI is InChI=1S/C19H21F3N2O.ClH/c20-15-4-1-3-14(11-15)19(24-7-9-25-10-8-24)13-23-12-16-17(21)5-2-6-18(16)22;/h1-6,11,19,23H,7-10,12-13H2;1H. The summed E-state index contributed by atoms with van der Waals surface area (Å²) in [6.45, 7) is 3.24. The Hall–Kier alpha value is -1.60. The van der Waals surface area contributed by atoms with Crippen LogP contribution in [-0.4, -0.2) is 37.7 Å². The van der Waals surface area contributed by atoms with Gasteiger partial charge in [0.2, 0.25) is 0 Å². The van der Waals surface area contributed by atoms with E-state index >= 15 is 0 Å². The van der Waals surface area contributed by atoms with Crippen LogP contribution in [0.3, 0.4) is 0 Å². The number of rotatable bonds is 6. The molecule has 3 nitrogen and oxygen atoms in total. The zero-order chi connectivity index (χ0) is 17.6. The zero-order valence-corrected chi connectivity index (χ0v) is 15.1. The molecule has 2 aromatic carbocycles. The van der Waals surface area contributed by atoms with E-state index in [4.69, 9.17) is 4.74 Å². The van der Waals surface area contributed by atoms with Crippen molar-refractivity contribution in [1.82, 2.24) is 10.2 Å². The van der Waals surface area contributed by atoms with Crippen LogP contribution in [0.1, 0.15) is 17.2 Å². The highest BCUT2D eigenvalue weighted by atomic mass is 35.5. The molecule has 0 spiro atoms. The van der Waals surface area contributed by atoms with Gasteiger partial charge in [0.15, 0.2) is 0 Å². The van der Waals surface area contributed by atoms with Gasteiger partial charge in [-0.3, -0.25) is 4.90 Å². The Labute approximate surface area is 157 Å². The van der Waals surface area contributed by atoms with Crippen LogP contribution >= 0.6 is 12.4 Å². The molecule has 2 aromatic rings. The Morgan fingerprint density at radius 1 is 1.00 bits per heavy atom. The van der Waals surface area contributed by atoms with Crippen LogP contribution in [0.2, 0.25) is 0 Å². The van der Waals surface area contributed by atoms with Crippen molar-refractivity contribution in [1.29, 1.82) is 0 Å². The summed E-state index contributed by atoms with van der Waals surface area (Å²) in [5.74, 6) is -1.43. The van der Waals surface area contributed by atoms with E-state index in [0.29, 0.717) is 19.8 Å². The number of morpholine rings is 1. The minimum atomic E-state index is -0.568. The first-order chi connectivity index (χ1) is 12.1. The molecule has 1 N–H and O–H groups in total. The molecule has 0 saturated carbocycles. The van der Waals surface area contributed by atoms with Crippen molar-refractivity contribution in [3.8, 4) is 0 Å². The molecule has 142 valence electrons. The first-order valence-corrected chi connectivity index (χ1v) is 8.36. The van der Waals surface area contributed by atoms with Gasteiger partial charge < -0.3 is 10.1 Å². The molecule has 1 heterocycles. The number of halogens is 4. The van der Waals surface area contributed by atoms with Crippen LogP contribution in [0.15, 0.2) is 42.5 Å². The van der Waals surface area contributed by atoms with Gasteiger partial charge >= 0.3 is 0 Å². The highest BCUT2D eigenvalue weighted by molar-refractivity contribution is 5.85. The van der Waals surface area contributed by atoms with Crippen LogP contribution < -0.4 is 5.32 Å². The van der Waals surface area contributed by atoms with Crippen molar-refractivity contribution in [2.45, 2.75) is 12.6 Å². The second-order valence-corrected chi connectivity index (χ2v) is 6.05. The van der Waals surface area contributed by atoms with E-state index in [2.05, 4.69) is 10.2 Å². The van der Waals surface area contributed by atoms with Gasteiger partial charge in [-0.2, -0.15) is 0 Å². The lowest BCUT2D eigenvalue weighted by molar-refractivity contribution is 0.0160. The van der Waals surface area contributed by atoms with Crippen molar-refractivity contribution in [3.63, 3.8) is 0 Å². The van der Waals surface area contributed by atoms with E-state index in [-0.39, 0.29) is 36.4 Å². The molecule has 1 fully saturated rings. The fourth-order valence-electron chi connectivity index (χ4n) is 3.10. The SMILES string of the molecule is Cl.Fc1cccc(C(CNCc2c(F)cccc2F)N2CCOCC2)c1. The van der Waals surface area contributed by atoms with E-state index in [0.717, 1.165) is 18.7 Å². The van der Waals surface area contributed by atoms with Crippen molar-refractivity contribution in [2.24, 2.45) is 0 Å². The Bertz CT molecular complexity index is 691. The maximum absolute atomic E-state index is 13.7. The molecule has 1 aliphatic rings. The second-order valence-electron chi connectivity index (χ2n) is 6.05. The molecule has 1 unspecified atom stereocenters. The van der Waals surface area contributed by atoms with E-state index < -0.39 is 11.6 Å². The van der Waals surface area contributed by atoms with Crippen LogP contribution in [-0.2, 0) is 11.3 Å². The van der Waals surface area contributed by atoms with Gasteiger partial charge in [0.1, 0.15) is 17.5 Å². The molecule has 1 saturated heterocycles. The van der Waals surface area contributed by atoms with Crippen molar-refractivity contribution in [3.05, 3.63) is 71.0 Å². The van der Waals surface area contributed by atoms with Gasteiger partial charge in [0, 0.05) is 37.8 Å². The number of ether oxygens (including phenoxy) is 1. The van der Waals surface area contributed by atoms with E-state index in [1.54, 1.807) is 6.07 Å². The number of benzene rings is 2. The average molecular weight is 387 g/mol. The smallest absolute Gasteiger partial charge is 0.130 e. The molecule has 26 heavy (non-hydrogen) atoms. The summed E-state index contributed by atoms with van der Waals surface area (Å²) < 4.78 is 46.5. The van der Waals surface area contributed by atoms with Gasteiger partial charge in [0.25, 0.3) is 0 Å². The van der Waals surface area contributed by atoms with Gasteiger partial charge in [-0.1, -0.05) is 18.2 Å². The second kappa shape index (κ2) is 9.92. The minimum absolute atomic E-state index is 0. The number of hydrogen-bond acceptors (Lipinski definition) is 3. The summed E-state index contributed by atoms with van der Waals surface area (Å²) in [4.78, 5) is 2.20. The first-order valence-electron chi connectivity index (χ1n) is 8.36. The third-order valence-electron chi connectivity index (χ3n) is 4.42. The zero-order valence-electron chi connectivity index (χ0n) is 14.3. The largest absolute Gasteiger partial charge is 0.379 e. The summed E-state index contributed by atoms with van der Waals surface area (Å²) in [6, 6.07) is 10.2. The Kier molecular flexibility index (Phi) is 7.90. The molecular weight excluding hydrogens is 365 g/mol. The fraction of sp³-hybridized carbons (Fsp3) is 0.368. The van der Waals surface area contributed by atoms with Gasteiger partial charge in [-0.05, 0) is 29.8 Å². The summed E-state index contributed by atoms with van der Waals surface area (Å²) in [5, 5.41) is 3.11. The Balaban J connectivity index is 0.00000243. The van der Waals surface area contributed by atoms with Crippen LogP contribution in [0.25, 0.3) is 0 Å². The van der Waals surface area contributed by atoms with E-state index in [1.165, 1.54) is 30.3 Å². The maximum atomic E-state index is 13.7. The molecule has 0 bridgehead atoms. The molecule has 0 aliphatic carbocycles. The highest BCUT2D eigenvalue weighted by Crippen LogP contribution is 2.22. The molecule has 7 heteroatoms. The topological polar surface area (TPSA) is 24.5 Å². The molecule has 1 atom stereocenters. The molecule has 1 aliphatic heterocycles. The number of nitrogens with zero attached hydrogens (tertiary/aromatic N) is 1. The monoisotopic (exact) mass is 386 g/mol. The molecule has 0 radical (unpaired) electrons. The third-order valence-corrected chi connectivity index (χ3v) is 4.42. The van der Waals surface area contributed by atoms with Crippen molar-refractivity contribution < 1.29 is 17.9 Å². The summed E-state index contributed by atoms with van der Waals surface area (Å²) in [5.41, 5.74) is 0.853. The molecule has 0 aromatic heterocycles. The highest BCUT2D eigenvalue weighted by Gasteiger charge is 2.23. The van der Waals surface area contributed by atoms with Crippen LogP contribution in [0, 0.1) is 17.5 Å². The van der Waals surface area contributed by atoms with Gasteiger partial charge in [0.05, 0.1) is 13.2 Å². The Morgan fingerprint density at radius 3 is 2.31 bits per heavy atom. The average Bonchev–Trinajstić information content (AvgIpc) is 2.61. The fourth-order valence-corrected chi connectivity index (χ4v) is 3.10. The van der Waals surface area contributed by atoms with E-state index in [9.17, 15) is 13.2 Å². The van der Waals surface area contributed by atoms with Gasteiger partial charge in [-0.15, -0.1) is 12.4 Å². The lowest BCUT2D eigenvalue weighted by Crippen LogP contribution is -2.42. The number of nitrogens with one attached hydrogen (secondary N) is 1. The predicted octanol–water partition coefficient (Wildman–Crippen LogP) is 3.69. The minimum Gasteiger partial charge on any atom is -0.379 e. The molecule has 0 amide bonds. The normalized spacial score (nSPS) is 16.1. The molecule has 3 rings (SSSR count). The third kappa shape index (κ3) is 5.20. The number of hydrogen-bond donors (Lipinski definition) is 1. The lowest BCUT2D eigenvalue weighted by atomic mass is 10.0. The quantitative estimate of drug-likeness (QED) is 0.819. The van der Waals surface area contributed by atoms with Crippen molar-refractivity contribution >= 4 is 12.4 Å². The summed E-state index contributed by atoms with van der Waals surface area (Å²) in [6.07, 6.45) is 0. The summed E-state index contributed by atoms with van der Waals surface area (Å²) in [7, 11) is 0. The van der Waals surface area contributed by atoms with Gasteiger partial charge in [-0.25, -0.2) is 13.2 Å². The maximum Gasteiger partial charge on any atom is 0.130 e. The van der Waals surface area contributed by atoms with Crippen LogP contribution in [0.4, 0.5) is 13.2 Å². The predicted molar refractivity (Wildman–Crippen MR) is 96.8 cm³/mol. The molecular formula is C19H22ClF3N2O. The first kappa shape index (κ1) is 20.7. The summed E-state index contributed by atoms with van der Waals surface area (Å²) >= 11 is 0. The van der Waals surface area contributed by atoms with Crippen LogP contribution in [0.5, 0.6) is 0 Å². The van der Waals surface area contributed by atoms with E-state index in [1.807, 2.05) is 6.07 Å². The lowest BCUT2D eigenvalue weighted by Gasteiger charge is -2.35.